The molecule has 1 aromatic carbocycles. The van der Waals surface area contributed by atoms with Crippen molar-refractivity contribution in [3.05, 3.63) is 41.8 Å². The second-order valence-electron chi connectivity index (χ2n) is 4.34. The van der Waals surface area contributed by atoms with E-state index in [4.69, 9.17) is 0 Å². The van der Waals surface area contributed by atoms with E-state index in [0.29, 0.717) is 0 Å². The fourth-order valence-electron chi connectivity index (χ4n) is 1.50. The minimum atomic E-state index is -3.21. The first-order valence-electron chi connectivity index (χ1n) is 5.93. The molecular formula is C13H18N2O4S. The molecule has 0 aliphatic rings. The van der Waals surface area contributed by atoms with Crippen molar-refractivity contribution in [2.24, 2.45) is 0 Å². The monoisotopic (exact) mass is 298 g/mol. The van der Waals surface area contributed by atoms with Gasteiger partial charge >= 0.3 is 0 Å². The van der Waals surface area contributed by atoms with E-state index in [1.807, 2.05) is 6.92 Å². The lowest BCUT2D eigenvalue weighted by Gasteiger charge is -2.13. The highest BCUT2D eigenvalue weighted by atomic mass is 32.2. The predicted molar refractivity (Wildman–Crippen MR) is 75.9 cm³/mol. The van der Waals surface area contributed by atoms with Crippen LogP contribution in [0.25, 0.3) is 0 Å². The van der Waals surface area contributed by atoms with E-state index in [1.54, 1.807) is 12.1 Å². The molecule has 0 heterocycles. The van der Waals surface area contributed by atoms with Crippen molar-refractivity contribution in [1.29, 1.82) is 0 Å². The molecular weight excluding hydrogens is 280 g/mol. The molecule has 0 aromatic heterocycles. The van der Waals surface area contributed by atoms with Crippen LogP contribution in [0.4, 0.5) is 0 Å². The fraction of sp³-hybridized carbons (Fsp3) is 0.308. The number of aliphatic hydroxyl groups excluding tert-OH is 1. The maximum Gasteiger partial charge on any atom is 0.287 e. The van der Waals surface area contributed by atoms with Crippen LogP contribution < -0.4 is 10.6 Å². The smallest absolute Gasteiger partial charge is 0.287 e. The van der Waals surface area contributed by atoms with Crippen molar-refractivity contribution in [2.75, 3.05) is 13.3 Å². The van der Waals surface area contributed by atoms with Gasteiger partial charge in [0.15, 0.2) is 15.6 Å². The summed E-state index contributed by atoms with van der Waals surface area (Å²) in [5.74, 6) is -1.01. The topological polar surface area (TPSA) is 95.5 Å². The minimum absolute atomic E-state index is 0.185. The van der Waals surface area contributed by atoms with Gasteiger partial charge in [0.1, 0.15) is 0 Å². The standard InChI is InChI=1S/C13H18N2O4S/c1-9(15-8-12(16)13(17)14-2)10-4-6-11(7-5-10)20(3,18)19/h4-9,15-16H,1-3H3,(H,14,17)/b12-8-/t9-/m0/s1. The van der Waals surface area contributed by atoms with Crippen molar-refractivity contribution < 1.29 is 18.3 Å². The first kappa shape index (κ1) is 16.0. The molecule has 0 aliphatic carbocycles. The Morgan fingerprint density at radius 3 is 2.30 bits per heavy atom. The molecule has 1 atom stereocenters. The number of aliphatic hydroxyl groups is 1. The second kappa shape index (κ2) is 6.42. The van der Waals surface area contributed by atoms with E-state index in [1.165, 1.54) is 25.4 Å². The Kier molecular flexibility index (Phi) is 5.15. The van der Waals surface area contributed by atoms with E-state index in [0.717, 1.165) is 11.8 Å². The average Bonchev–Trinajstić information content (AvgIpc) is 2.42. The molecule has 1 rings (SSSR count). The molecule has 3 N–H and O–H groups in total. The zero-order valence-electron chi connectivity index (χ0n) is 11.5. The Morgan fingerprint density at radius 2 is 1.85 bits per heavy atom. The Labute approximate surface area is 118 Å². The molecule has 110 valence electrons. The number of hydrogen-bond donors (Lipinski definition) is 3. The zero-order valence-corrected chi connectivity index (χ0v) is 12.4. The number of sulfone groups is 1. The Bertz CT molecular complexity index is 606. The van der Waals surface area contributed by atoms with Crippen molar-refractivity contribution in [1.82, 2.24) is 10.6 Å². The first-order chi connectivity index (χ1) is 9.25. The van der Waals surface area contributed by atoms with Gasteiger partial charge in [-0.15, -0.1) is 0 Å². The summed E-state index contributed by atoms with van der Waals surface area (Å²) in [5, 5.41) is 14.5. The van der Waals surface area contributed by atoms with E-state index >= 15 is 0 Å². The summed E-state index contributed by atoms with van der Waals surface area (Å²) in [6, 6.07) is 6.21. The van der Waals surface area contributed by atoms with Crippen LogP contribution >= 0.6 is 0 Å². The van der Waals surface area contributed by atoms with Gasteiger partial charge in [-0.25, -0.2) is 8.42 Å². The second-order valence-corrected chi connectivity index (χ2v) is 6.35. The molecule has 0 spiro atoms. The number of hydrogen-bond acceptors (Lipinski definition) is 5. The van der Waals surface area contributed by atoms with Gasteiger partial charge in [0, 0.05) is 25.5 Å². The lowest BCUT2D eigenvalue weighted by molar-refractivity contribution is -0.119. The number of rotatable bonds is 5. The molecule has 0 unspecified atom stereocenters. The van der Waals surface area contributed by atoms with E-state index < -0.39 is 21.5 Å². The molecule has 0 saturated heterocycles. The van der Waals surface area contributed by atoms with Crippen LogP contribution in [-0.2, 0) is 14.6 Å². The normalized spacial score (nSPS) is 13.7. The number of benzene rings is 1. The van der Waals surface area contributed by atoms with Crippen molar-refractivity contribution >= 4 is 15.7 Å². The highest BCUT2D eigenvalue weighted by Gasteiger charge is 2.09. The fourth-order valence-corrected chi connectivity index (χ4v) is 2.13. The maximum absolute atomic E-state index is 11.3. The third-order valence-corrected chi connectivity index (χ3v) is 3.87. The van der Waals surface area contributed by atoms with Crippen LogP contribution in [0, 0.1) is 0 Å². The molecule has 0 radical (unpaired) electrons. The number of nitrogens with one attached hydrogen (secondary N) is 2. The van der Waals surface area contributed by atoms with Crippen molar-refractivity contribution in [3.63, 3.8) is 0 Å². The lowest BCUT2D eigenvalue weighted by Crippen LogP contribution is -2.22. The van der Waals surface area contributed by atoms with E-state index in [2.05, 4.69) is 10.6 Å². The van der Waals surface area contributed by atoms with Gasteiger partial charge < -0.3 is 15.7 Å². The van der Waals surface area contributed by atoms with E-state index in [9.17, 15) is 18.3 Å². The molecule has 20 heavy (non-hydrogen) atoms. The number of likely N-dealkylation sites (N-methyl/N-ethyl adjacent to an activating group) is 1. The largest absolute Gasteiger partial charge is 0.502 e. The average molecular weight is 298 g/mol. The van der Waals surface area contributed by atoms with Crippen LogP contribution in [0.15, 0.2) is 41.1 Å². The zero-order chi connectivity index (χ0) is 15.3. The van der Waals surface area contributed by atoms with Gasteiger partial charge in [-0.2, -0.15) is 0 Å². The Hall–Kier alpha value is -2.02. The summed E-state index contributed by atoms with van der Waals surface area (Å²) >= 11 is 0. The van der Waals surface area contributed by atoms with E-state index in [-0.39, 0.29) is 10.9 Å². The van der Waals surface area contributed by atoms with Crippen molar-refractivity contribution in [3.8, 4) is 0 Å². The molecule has 1 aromatic rings. The van der Waals surface area contributed by atoms with Gasteiger partial charge in [0.25, 0.3) is 5.91 Å². The molecule has 0 bridgehead atoms. The molecule has 6 nitrogen and oxygen atoms in total. The summed E-state index contributed by atoms with van der Waals surface area (Å²) in [6.07, 6.45) is 2.35. The lowest BCUT2D eigenvalue weighted by atomic mass is 10.1. The number of carbonyl (C=O) groups is 1. The van der Waals surface area contributed by atoms with Crippen molar-refractivity contribution in [2.45, 2.75) is 17.9 Å². The molecule has 1 amide bonds. The summed E-state index contributed by atoms with van der Waals surface area (Å²) in [7, 11) is -1.79. The molecule has 0 aliphatic heterocycles. The van der Waals surface area contributed by atoms with Crippen LogP contribution in [0.5, 0.6) is 0 Å². The first-order valence-corrected chi connectivity index (χ1v) is 7.82. The van der Waals surface area contributed by atoms with Gasteiger partial charge in [0.05, 0.1) is 4.90 Å². The highest BCUT2D eigenvalue weighted by molar-refractivity contribution is 7.90. The SMILES string of the molecule is CNC(=O)/C(O)=C/N[C@@H](C)c1ccc(S(C)(=O)=O)cc1. The molecule has 0 fully saturated rings. The number of carbonyl (C=O) groups excluding carboxylic acids is 1. The van der Waals surface area contributed by atoms with Gasteiger partial charge in [-0.3, -0.25) is 4.79 Å². The van der Waals surface area contributed by atoms with Gasteiger partial charge in [-0.05, 0) is 24.6 Å². The van der Waals surface area contributed by atoms with Crippen LogP contribution in [0.2, 0.25) is 0 Å². The predicted octanol–water partition coefficient (Wildman–Crippen LogP) is 0.886. The Balaban J connectivity index is 2.79. The summed E-state index contributed by atoms with van der Waals surface area (Å²) in [5.41, 5.74) is 0.832. The Morgan fingerprint density at radius 1 is 1.30 bits per heavy atom. The molecule has 7 heteroatoms. The maximum atomic E-state index is 11.3. The number of amides is 1. The third kappa shape index (κ3) is 4.27. The highest BCUT2D eigenvalue weighted by Crippen LogP contribution is 2.16. The quantitative estimate of drug-likeness (QED) is 0.554. The summed E-state index contributed by atoms with van der Waals surface area (Å²) in [4.78, 5) is 11.3. The van der Waals surface area contributed by atoms with Gasteiger partial charge in [-0.1, -0.05) is 12.1 Å². The van der Waals surface area contributed by atoms with Gasteiger partial charge in [0.2, 0.25) is 0 Å². The minimum Gasteiger partial charge on any atom is -0.502 e. The molecule has 0 saturated carbocycles. The van der Waals surface area contributed by atoms with Crippen LogP contribution in [0.3, 0.4) is 0 Å². The van der Waals surface area contributed by atoms with Crippen LogP contribution in [-0.4, -0.2) is 32.7 Å². The van der Waals surface area contributed by atoms with Crippen LogP contribution in [0.1, 0.15) is 18.5 Å². The third-order valence-electron chi connectivity index (χ3n) is 2.74. The summed E-state index contributed by atoms with van der Waals surface area (Å²) in [6.45, 7) is 1.82. The summed E-state index contributed by atoms with van der Waals surface area (Å²) < 4.78 is 22.7.